The lowest BCUT2D eigenvalue weighted by atomic mass is 10.1. The third-order valence-electron chi connectivity index (χ3n) is 4.37. The van der Waals surface area contributed by atoms with Crippen LogP contribution in [0.2, 0.25) is 0 Å². The summed E-state index contributed by atoms with van der Waals surface area (Å²) in [6.45, 7) is 3.10. The van der Waals surface area contributed by atoms with Gasteiger partial charge in [-0.25, -0.2) is 0 Å². The van der Waals surface area contributed by atoms with Crippen LogP contribution in [0, 0.1) is 0 Å². The Bertz CT molecular complexity index is 466. The summed E-state index contributed by atoms with van der Waals surface area (Å²) >= 11 is 0. The molecule has 1 aliphatic carbocycles. The van der Waals surface area contributed by atoms with Crippen molar-refractivity contribution in [2.24, 2.45) is 5.73 Å². The van der Waals surface area contributed by atoms with Crippen molar-refractivity contribution in [1.29, 1.82) is 0 Å². The van der Waals surface area contributed by atoms with E-state index in [2.05, 4.69) is 9.88 Å². The van der Waals surface area contributed by atoms with Crippen LogP contribution in [0.25, 0.3) is 0 Å². The zero-order chi connectivity index (χ0) is 14.7. The van der Waals surface area contributed by atoms with E-state index < -0.39 is 0 Å². The maximum atomic E-state index is 12.6. The largest absolute Gasteiger partial charge is 0.334 e. The number of hydrogen-bond acceptors (Lipinski definition) is 4. The average molecular weight is 288 g/mol. The number of nitrogens with two attached hydrogens (primary N) is 1. The van der Waals surface area contributed by atoms with Gasteiger partial charge in [-0.1, -0.05) is 6.07 Å². The number of aromatic nitrogens is 1. The molecular weight excluding hydrogens is 264 g/mol. The molecule has 1 aromatic rings. The van der Waals surface area contributed by atoms with Gasteiger partial charge in [-0.3, -0.25) is 14.7 Å². The van der Waals surface area contributed by atoms with E-state index in [4.69, 9.17) is 5.73 Å². The highest BCUT2D eigenvalue weighted by Crippen LogP contribution is 2.28. The molecular formula is C16H24N4O. The molecule has 1 saturated carbocycles. The van der Waals surface area contributed by atoms with Crippen molar-refractivity contribution in [3.63, 3.8) is 0 Å². The van der Waals surface area contributed by atoms with Crippen LogP contribution in [-0.4, -0.2) is 52.4 Å². The summed E-state index contributed by atoms with van der Waals surface area (Å²) in [5.74, 6) is 0.247. The molecule has 114 valence electrons. The maximum Gasteiger partial charge on any atom is 0.237 e. The lowest BCUT2D eigenvalue weighted by Gasteiger charge is -2.32. The quantitative estimate of drug-likeness (QED) is 0.878. The first-order valence-corrected chi connectivity index (χ1v) is 7.88. The first-order valence-electron chi connectivity index (χ1n) is 7.88. The van der Waals surface area contributed by atoms with Crippen molar-refractivity contribution in [2.75, 3.05) is 19.6 Å². The van der Waals surface area contributed by atoms with Gasteiger partial charge in [-0.15, -0.1) is 0 Å². The second-order valence-corrected chi connectivity index (χ2v) is 6.23. The van der Waals surface area contributed by atoms with Gasteiger partial charge < -0.3 is 10.6 Å². The van der Waals surface area contributed by atoms with Gasteiger partial charge in [-0.2, -0.15) is 0 Å². The zero-order valence-corrected chi connectivity index (χ0v) is 12.4. The fourth-order valence-electron chi connectivity index (χ4n) is 2.89. The fraction of sp³-hybridized carbons (Fsp3) is 0.625. The summed E-state index contributed by atoms with van der Waals surface area (Å²) in [7, 11) is 0. The smallest absolute Gasteiger partial charge is 0.237 e. The molecule has 0 spiro atoms. The van der Waals surface area contributed by atoms with Crippen molar-refractivity contribution in [1.82, 2.24) is 14.8 Å². The monoisotopic (exact) mass is 288 g/mol. The molecule has 0 atom stereocenters. The molecule has 1 aliphatic heterocycles. The third-order valence-corrected chi connectivity index (χ3v) is 4.37. The number of carbonyl (C=O) groups excluding carboxylic acids is 1. The molecule has 1 saturated heterocycles. The van der Waals surface area contributed by atoms with E-state index >= 15 is 0 Å². The summed E-state index contributed by atoms with van der Waals surface area (Å²) in [6, 6.07) is 4.71. The minimum absolute atomic E-state index is 0.247. The molecule has 5 nitrogen and oxygen atoms in total. The molecule has 1 amide bonds. The molecule has 3 rings (SSSR count). The molecule has 0 unspecified atom stereocenters. The van der Waals surface area contributed by atoms with E-state index in [1.165, 1.54) is 0 Å². The van der Waals surface area contributed by atoms with Crippen LogP contribution in [0.5, 0.6) is 0 Å². The standard InChI is InChI=1S/C16H24N4O/c17-14-5-8-19(9-6-14)12-16(21)20(15-3-4-15)11-13-2-1-7-18-10-13/h1-2,7,10,14-15H,3-6,8-9,11-12,17H2. The number of amides is 1. The molecule has 0 aromatic carbocycles. The van der Waals surface area contributed by atoms with E-state index in [1.807, 2.05) is 23.2 Å². The number of rotatable bonds is 5. The van der Waals surface area contributed by atoms with Crippen LogP contribution >= 0.6 is 0 Å². The lowest BCUT2D eigenvalue weighted by molar-refractivity contribution is -0.133. The zero-order valence-electron chi connectivity index (χ0n) is 12.4. The number of nitrogens with zero attached hydrogens (tertiary/aromatic N) is 3. The van der Waals surface area contributed by atoms with Gasteiger partial charge in [0.1, 0.15) is 0 Å². The minimum atomic E-state index is 0.247. The van der Waals surface area contributed by atoms with Gasteiger partial charge in [0.25, 0.3) is 0 Å². The Morgan fingerprint density at radius 2 is 2.10 bits per heavy atom. The molecule has 2 heterocycles. The van der Waals surface area contributed by atoms with Crippen molar-refractivity contribution in [3.8, 4) is 0 Å². The van der Waals surface area contributed by atoms with Crippen LogP contribution in [0.4, 0.5) is 0 Å². The van der Waals surface area contributed by atoms with Crippen LogP contribution in [0.3, 0.4) is 0 Å². The van der Waals surface area contributed by atoms with Crippen molar-refractivity contribution < 1.29 is 4.79 Å². The Kier molecular flexibility index (Phi) is 4.51. The minimum Gasteiger partial charge on any atom is -0.334 e. The molecule has 0 radical (unpaired) electrons. The Morgan fingerprint density at radius 3 is 2.71 bits per heavy atom. The molecule has 1 aromatic heterocycles. The SMILES string of the molecule is NC1CCN(CC(=O)N(Cc2cccnc2)C2CC2)CC1. The number of piperidine rings is 1. The van der Waals surface area contributed by atoms with Gasteiger partial charge in [0, 0.05) is 44.1 Å². The molecule has 2 fully saturated rings. The van der Waals surface area contributed by atoms with E-state index in [0.29, 0.717) is 25.2 Å². The number of likely N-dealkylation sites (tertiary alicyclic amines) is 1. The topological polar surface area (TPSA) is 62.5 Å². The van der Waals surface area contributed by atoms with Crippen LogP contribution in [-0.2, 0) is 11.3 Å². The van der Waals surface area contributed by atoms with Crippen molar-refractivity contribution >= 4 is 5.91 Å². The van der Waals surface area contributed by atoms with Crippen LogP contribution in [0.15, 0.2) is 24.5 Å². The Morgan fingerprint density at radius 1 is 1.33 bits per heavy atom. The average Bonchev–Trinajstić information content (AvgIpc) is 3.33. The highest BCUT2D eigenvalue weighted by molar-refractivity contribution is 5.79. The summed E-state index contributed by atoms with van der Waals surface area (Å²) in [6.07, 6.45) is 7.89. The second kappa shape index (κ2) is 6.54. The van der Waals surface area contributed by atoms with Crippen molar-refractivity contribution in [3.05, 3.63) is 30.1 Å². The number of pyridine rings is 1. The first-order chi connectivity index (χ1) is 10.2. The number of hydrogen-bond donors (Lipinski definition) is 1. The third kappa shape index (κ3) is 4.02. The molecule has 2 N–H and O–H groups in total. The first kappa shape index (κ1) is 14.5. The van der Waals surface area contributed by atoms with Gasteiger partial charge in [0.15, 0.2) is 0 Å². The van der Waals surface area contributed by atoms with Crippen molar-refractivity contribution in [2.45, 2.75) is 44.3 Å². The molecule has 0 bridgehead atoms. The normalized spacial score (nSPS) is 20.4. The fourth-order valence-corrected chi connectivity index (χ4v) is 2.89. The van der Waals surface area contributed by atoms with E-state index in [9.17, 15) is 4.79 Å². The summed E-state index contributed by atoms with van der Waals surface area (Å²) < 4.78 is 0. The van der Waals surface area contributed by atoms with E-state index in [-0.39, 0.29) is 5.91 Å². The van der Waals surface area contributed by atoms with Gasteiger partial charge in [0.2, 0.25) is 5.91 Å². The van der Waals surface area contributed by atoms with Gasteiger partial charge in [-0.05, 0) is 37.3 Å². The Labute approximate surface area is 126 Å². The molecule has 21 heavy (non-hydrogen) atoms. The predicted molar refractivity (Wildman–Crippen MR) is 81.5 cm³/mol. The van der Waals surface area contributed by atoms with Crippen LogP contribution < -0.4 is 5.73 Å². The second-order valence-electron chi connectivity index (χ2n) is 6.23. The van der Waals surface area contributed by atoms with Crippen LogP contribution in [0.1, 0.15) is 31.2 Å². The van der Waals surface area contributed by atoms with Gasteiger partial charge in [0.05, 0.1) is 6.54 Å². The summed E-state index contributed by atoms with van der Waals surface area (Å²) in [5.41, 5.74) is 7.03. The highest BCUT2D eigenvalue weighted by atomic mass is 16.2. The molecule has 2 aliphatic rings. The Balaban J connectivity index is 1.57. The van der Waals surface area contributed by atoms with E-state index in [0.717, 1.165) is 44.3 Å². The predicted octanol–water partition coefficient (Wildman–Crippen LogP) is 0.996. The maximum absolute atomic E-state index is 12.6. The summed E-state index contributed by atoms with van der Waals surface area (Å²) in [4.78, 5) is 21.0. The number of carbonyl (C=O) groups is 1. The summed E-state index contributed by atoms with van der Waals surface area (Å²) in [5, 5.41) is 0. The van der Waals surface area contributed by atoms with E-state index in [1.54, 1.807) is 6.20 Å². The highest BCUT2D eigenvalue weighted by Gasteiger charge is 2.33. The lowest BCUT2D eigenvalue weighted by Crippen LogP contribution is -2.46. The Hall–Kier alpha value is -1.46. The molecule has 5 heteroatoms. The van der Waals surface area contributed by atoms with Gasteiger partial charge >= 0.3 is 0 Å².